The third kappa shape index (κ3) is 3.26. The summed E-state index contributed by atoms with van der Waals surface area (Å²) in [5, 5.41) is 12.5. The molecule has 2 rings (SSSR count). The Balaban J connectivity index is 2.24. The van der Waals surface area contributed by atoms with Crippen LogP contribution >= 0.6 is 23.1 Å². The van der Waals surface area contributed by atoms with Gasteiger partial charge in [-0.25, -0.2) is 13.6 Å². The number of halogens is 1. The minimum absolute atomic E-state index is 0.0725. The molecule has 1 amide bonds. The number of rotatable bonds is 3. The zero-order valence-electron chi connectivity index (χ0n) is 9.20. The van der Waals surface area contributed by atoms with E-state index >= 15 is 0 Å². The Morgan fingerprint density at radius 1 is 1.42 bits per heavy atom. The van der Waals surface area contributed by atoms with Gasteiger partial charge in [0.1, 0.15) is 4.90 Å². The van der Waals surface area contributed by atoms with Gasteiger partial charge in [0.25, 0.3) is 5.91 Å². The van der Waals surface area contributed by atoms with Crippen LogP contribution in [0.25, 0.3) is 0 Å². The molecule has 100 valence electrons. The molecule has 1 heterocycles. The van der Waals surface area contributed by atoms with Crippen LogP contribution in [0.3, 0.4) is 0 Å². The summed E-state index contributed by atoms with van der Waals surface area (Å²) in [6.45, 7) is 0. The SMILES string of the molecule is NS(=O)(=O)c1ccc(NC(=O)c2csnn2)cc1Cl. The van der Waals surface area contributed by atoms with Crippen LogP contribution in [0.1, 0.15) is 10.5 Å². The molecule has 0 spiro atoms. The number of sulfonamides is 1. The van der Waals surface area contributed by atoms with Crippen molar-refractivity contribution >= 4 is 44.8 Å². The van der Waals surface area contributed by atoms with E-state index in [0.29, 0.717) is 5.69 Å². The van der Waals surface area contributed by atoms with Crippen molar-refractivity contribution in [2.45, 2.75) is 4.90 Å². The Bertz CT molecular complexity index is 715. The number of nitrogens with one attached hydrogen (secondary N) is 1. The van der Waals surface area contributed by atoms with Gasteiger partial charge in [-0.15, -0.1) is 5.10 Å². The number of aromatic nitrogens is 2. The quantitative estimate of drug-likeness (QED) is 0.879. The fourth-order valence-electron chi connectivity index (χ4n) is 1.27. The Kier molecular flexibility index (Phi) is 3.80. The Hall–Kier alpha value is -1.55. The van der Waals surface area contributed by atoms with Gasteiger partial charge in [0.05, 0.1) is 5.02 Å². The lowest BCUT2D eigenvalue weighted by atomic mass is 10.3. The minimum Gasteiger partial charge on any atom is -0.321 e. The molecule has 0 aliphatic heterocycles. The lowest BCUT2D eigenvalue weighted by Crippen LogP contribution is -2.14. The van der Waals surface area contributed by atoms with E-state index in [-0.39, 0.29) is 15.6 Å². The molecule has 19 heavy (non-hydrogen) atoms. The molecule has 0 radical (unpaired) electrons. The van der Waals surface area contributed by atoms with Gasteiger partial charge in [-0.2, -0.15) is 0 Å². The maximum Gasteiger partial charge on any atom is 0.277 e. The maximum absolute atomic E-state index is 11.7. The van der Waals surface area contributed by atoms with Gasteiger partial charge in [0.15, 0.2) is 5.69 Å². The van der Waals surface area contributed by atoms with Crippen molar-refractivity contribution in [3.8, 4) is 0 Å². The van der Waals surface area contributed by atoms with Gasteiger partial charge in [0.2, 0.25) is 10.0 Å². The van der Waals surface area contributed by atoms with Gasteiger partial charge in [0, 0.05) is 11.1 Å². The molecule has 0 unspecified atom stereocenters. The molecule has 0 bridgehead atoms. The summed E-state index contributed by atoms with van der Waals surface area (Å²) in [6, 6.07) is 3.88. The number of anilines is 1. The predicted octanol–water partition coefficient (Wildman–Crippen LogP) is 1.09. The first-order valence-electron chi connectivity index (χ1n) is 4.78. The summed E-state index contributed by atoms with van der Waals surface area (Å²) in [6.07, 6.45) is 0. The van der Waals surface area contributed by atoms with E-state index in [1.807, 2.05) is 0 Å². The van der Waals surface area contributed by atoms with E-state index in [2.05, 4.69) is 14.9 Å². The van der Waals surface area contributed by atoms with Crippen molar-refractivity contribution in [1.29, 1.82) is 0 Å². The molecule has 0 saturated heterocycles. The number of nitrogens with zero attached hydrogens (tertiary/aromatic N) is 2. The second kappa shape index (κ2) is 5.21. The number of carbonyl (C=O) groups excluding carboxylic acids is 1. The molecule has 7 nitrogen and oxygen atoms in total. The van der Waals surface area contributed by atoms with Gasteiger partial charge in [-0.3, -0.25) is 4.79 Å². The van der Waals surface area contributed by atoms with E-state index < -0.39 is 15.9 Å². The first-order valence-corrected chi connectivity index (χ1v) is 7.55. The van der Waals surface area contributed by atoms with E-state index in [9.17, 15) is 13.2 Å². The summed E-state index contributed by atoms with van der Waals surface area (Å²) in [5.74, 6) is -0.465. The van der Waals surface area contributed by atoms with Crippen LogP contribution in [0.4, 0.5) is 5.69 Å². The third-order valence-electron chi connectivity index (χ3n) is 2.09. The van der Waals surface area contributed by atoms with Crippen LogP contribution in [-0.4, -0.2) is 23.9 Å². The van der Waals surface area contributed by atoms with Crippen LogP contribution in [0.2, 0.25) is 5.02 Å². The van der Waals surface area contributed by atoms with E-state index in [1.165, 1.54) is 23.6 Å². The number of primary sulfonamides is 1. The van der Waals surface area contributed by atoms with Crippen molar-refractivity contribution in [2.75, 3.05) is 5.32 Å². The van der Waals surface area contributed by atoms with Gasteiger partial charge in [-0.05, 0) is 29.7 Å². The topological polar surface area (TPSA) is 115 Å². The molecular weight excluding hydrogens is 312 g/mol. The number of amides is 1. The molecule has 0 atom stereocenters. The normalized spacial score (nSPS) is 11.3. The zero-order chi connectivity index (χ0) is 14.0. The highest BCUT2D eigenvalue weighted by Crippen LogP contribution is 2.24. The summed E-state index contributed by atoms with van der Waals surface area (Å²) in [5.41, 5.74) is 0.493. The van der Waals surface area contributed by atoms with Crippen molar-refractivity contribution in [2.24, 2.45) is 5.14 Å². The number of hydrogen-bond acceptors (Lipinski definition) is 6. The van der Waals surface area contributed by atoms with Crippen molar-refractivity contribution in [3.63, 3.8) is 0 Å². The van der Waals surface area contributed by atoms with Crippen molar-refractivity contribution in [1.82, 2.24) is 9.59 Å². The number of hydrogen-bond donors (Lipinski definition) is 2. The monoisotopic (exact) mass is 318 g/mol. The van der Waals surface area contributed by atoms with Crippen LogP contribution in [-0.2, 0) is 10.0 Å². The average molecular weight is 319 g/mol. The fraction of sp³-hybridized carbons (Fsp3) is 0. The van der Waals surface area contributed by atoms with Crippen LogP contribution < -0.4 is 10.5 Å². The van der Waals surface area contributed by atoms with E-state index in [4.69, 9.17) is 16.7 Å². The Labute approximate surface area is 117 Å². The Morgan fingerprint density at radius 3 is 2.68 bits per heavy atom. The maximum atomic E-state index is 11.7. The standard InChI is InChI=1S/C9H7ClN4O3S2/c10-6-3-5(1-2-8(6)19(11,16)17)12-9(15)7-4-18-14-13-7/h1-4H,(H,12,15)(H2,11,16,17). The number of nitrogens with two attached hydrogens (primary N) is 1. The predicted molar refractivity (Wildman–Crippen MR) is 70.7 cm³/mol. The molecule has 2 aromatic rings. The number of carbonyl (C=O) groups is 1. The zero-order valence-corrected chi connectivity index (χ0v) is 11.6. The molecule has 0 saturated carbocycles. The minimum atomic E-state index is -3.89. The van der Waals surface area contributed by atoms with Gasteiger partial charge in [-0.1, -0.05) is 16.1 Å². The molecule has 10 heteroatoms. The van der Waals surface area contributed by atoms with Crippen molar-refractivity contribution < 1.29 is 13.2 Å². The molecule has 0 fully saturated rings. The Morgan fingerprint density at radius 2 is 2.16 bits per heavy atom. The van der Waals surface area contributed by atoms with Crippen LogP contribution in [0.5, 0.6) is 0 Å². The van der Waals surface area contributed by atoms with E-state index in [1.54, 1.807) is 0 Å². The molecule has 1 aromatic heterocycles. The molecule has 0 aliphatic rings. The second-order valence-electron chi connectivity index (χ2n) is 3.43. The molecule has 1 aromatic carbocycles. The van der Waals surface area contributed by atoms with E-state index in [0.717, 1.165) is 11.5 Å². The largest absolute Gasteiger partial charge is 0.321 e. The molecule has 0 aliphatic carbocycles. The summed E-state index contributed by atoms with van der Waals surface area (Å²) < 4.78 is 25.9. The van der Waals surface area contributed by atoms with Gasteiger partial charge < -0.3 is 5.32 Å². The van der Waals surface area contributed by atoms with Crippen LogP contribution in [0, 0.1) is 0 Å². The summed E-state index contributed by atoms with van der Waals surface area (Å²) >= 11 is 6.83. The molecular formula is C9H7ClN4O3S2. The highest BCUT2D eigenvalue weighted by molar-refractivity contribution is 7.89. The second-order valence-corrected chi connectivity index (χ2v) is 5.98. The highest BCUT2D eigenvalue weighted by atomic mass is 35.5. The smallest absolute Gasteiger partial charge is 0.277 e. The lowest BCUT2D eigenvalue weighted by Gasteiger charge is -2.06. The summed E-state index contributed by atoms with van der Waals surface area (Å²) in [4.78, 5) is 11.5. The average Bonchev–Trinajstić information content (AvgIpc) is 2.80. The third-order valence-corrected chi connectivity index (χ3v) is 3.99. The first-order chi connectivity index (χ1) is 8.88. The number of benzene rings is 1. The summed E-state index contributed by atoms with van der Waals surface area (Å²) in [7, 11) is -3.89. The lowest BCUT2D eigenvalue weighted by molar-refractivity contribution is 0.102. The molecule has 3 N–H and O–H groups in total. The van der Waals surface area contributed by atoms with Crippen LogP contribution in [0.15, 0.2) is 28.5 Å². The first kappa shape index (κ1) is 13.9. The fourth-order valence-corrected chi connectivity index (χ4v) is 2.80. The highest BCUT2D eigenvalue weighted by Gasteiger charge is 2.14. The van der Waals surface area contributed by atoms with Crippen molar-refractivity contribution in [3.05, 3.63) is 34.3 Å². The van der Waals surface area contributed by atoms with Gasteiger partial charge >= 0.3 is 0 Å².